The molecule has 0 spiro atoms. The van der Waals surface area contributed by atoms with E-state index in [1.54, 1.807) is 0 Å². The van der Waals surface area contributed by atoms with Gasteiger partial charge in [-0.3, -0.25) is 0 Å². The predicted molar refractivity (Wildman–Crippen MR) is 85.8 cm³/mol. The van der Waals surface area contributed by atoms with Gasteiger partial charge < -0.3 is 9.88 Å². The molecule has 0 bridgehead atoms. The van der Waals surface area contributed by atoms with Gasteiger partial charge in [0, 0.05) is 23.3 Å². The Labute approximate surface area is 131 Å². The van der Waals surface area contributed by atoms with Gasteiger partial charge in [0.15, 0.2) is 5.16 Å². The van der Waals surface area contributed by atoms with Gasteiger partial charge in [0.2, 0.25) is 0 Å². The van der Waals surface area contributed by atoms with Crippen LogP contribution in [-0.2, 0) is 0 Å². The first-order valence-corrected chi connectivity index (χ1v) is 9.58. The summed E-state index contributed by atoms with van der Waals surface area (Å²) in [5.74, 6) is 2.01. The summed E-state index contributed by atoms with van der Waals surface area (Å²) < 4.78 is 2.50. The second kappa shape index (κ2) is 5.92. The third kappa shape index (κ3) is 3.14. The Kier molecular flexibility index (Phi) is 3.96. The van der Waals surface area contributed by atoms with Crippen molar-refractivity contribution < 1.29 is 0 Å². The largest absolute Gasteiger partial charge is 0.314 e. The first kappa shape index (κ1) is 14.1. The zero-order chi connectivity index (χ0) is 14.2. The Morgan fingerprint density at radius 2 is 2.00 bits per heavy atom. The maximum atomic E-state index is 4.56. The van der Waals surface area contributed by atoms with Crippen LogP contribution < -0.4 is 5.32 Å². The fraction of sp³-hybridized carbons (Fsp3) is 0.875. The van der Waals surface area contributed by atoms with E-state index in [9.17, 15) is 0 Å². The maximum absolute atomic E-state index is 4.56. The summed E-state index contributed by atoms with van der Waals surface area (Å²) in [6.07, 6.45) is 10.6. The highest BCUT2D eigenvalue weighted by molar-refractivity contribution is 7.99. The highest BCUT2D eigenvalue weighted by Gasteiger charge is 2.37. The minimum absolute atomic E-state index is 0.710. The van der Waals surface area contributed by atoms with E-state index in [4.69, 9.17) is 0 Å². The molecule has 4 nitrogen and oxygen atoms in total. The lowest BCUT2D eigenvalue weighted by atomic mass is 9.95. The molecule has 0 amide bonds. The van der Waals surface area contributed by atoms with Gasteiger partial charge in [0.25, 0.3) is 0 Å². The molecule has 3 aliphatic carbocycles. The minimum atomic E-state index is 0.710. The number of hydrogen-bond donors (Lipinski definition) is 1. The number of nitrogens with zero attached hydrogens (tertiary/aromatic N) is 3. The Morgan fingerprint density at radius 3 is 2.71 bits per heavy atom. The SMILES string of the molecule is CCNC1CCCC(Sc2nnc(C3CC3)n2C2CC2)C1. The van der Waals surface area contributed by atoms with Gasteiger partial charge in [-0.2, -0.15) is 0 Å². The van der Waals surface area contributed by atoms with Crippen LogP contribution in [0, 0.1) is 0 Å². The van der Waals surface area contributed by atoms with Crippen molar-refractivity contribution in [1.29, 1.82) is 0 Å². The van der Waals surface area contributed by atoms with Gasteiger partial charge in [0.1, 0.15) is 5.82 Å². The second-order valence-electron chi connectivity index (χ2n) is 6.88. The number of aromatic nitrogens is 3. The summed E-state index contributed by atoms with van der Waals surface area (Å²) in [5.41, 5.74) is 0. The van der Waals surface area contributed by atoms with Crippen LogP contribution in [0.15, 0.2) is 5.16 Å². The van der Waals surface area contributed by atoms with Gasteiger partial charge in [-0.15, -0.1) is 10.2 Å². The molecule has 5 heteroatoms. The van der Waals surface area contributed by atoms with Gasteiger partial charge in [-0.05, 0) is 51.5 Å². The van der Waals surface area contributed by atoms with Crippen molar-refractivity contribution in [3.8, 4) is 0 Å². The molecular weight excluding hydrogens is 280 g/mol. The molecule has 1 heterocycles. The summed E-state index contributed by atoms with van der Waals surface area (Å²) in [5, 5.41) is 14.7. The maximum Gasteiger partial charge on any atom is 0.191 e. The fourth-order valence-corrected chi connectivity index (χ4v) is 4.90. The molecule has 1 N–H and O–H groups in total. The quantitative estimate of drug-likeness (QED) is 0.873. The molecule has 3 fully saturated rings. The van der Waals surface area contributed by atoms with Crippen LogP contribution in [0.5, 0.6) is 0 Å². The lowest BCUT2D eigenvalue weighted by Gasteiger charge is -2.29. The molecule has 2 atom stereocenters. The van der Waals surface area contributed by atoms with Gasteiger partial charge in [0.05, 0.1) is 0 Å². The standard InChI is InChI=1S/C16H26N4S/c1-2-17-12-4-3-5-14(10-12)21-16-19-18-15(11-6-7-11)20(16)13-8-9-13/h11-14,17H,2-10H2,1H3. The molecule has 3 aliphatic rings. The van der Waals surface area contributed by atoms with E-state index >= 15 is 0 Å². The lowest BCUT2D eigenvalue weighted by Crippen LogP contribution is -2.34. The van der Waals surface area contributed by atoms with E-state index in [1.807, 2.05) is 11.8 Å². The van der Waals surface area contributed by atoms with Crippen LogP contribution >= 0.6 is 11.8 Å². The molecule has 3 saturated carbocycles. The average molecular weight is 306 g/mol. The van der Waals surface area contributed by atoms with E-state index < -0.39 is 0 Å². The molecule has 1 aromatic rings. The highest BCUT2D eigenvalue weighted by atomic mass is 32.2. The Bertz CT molecular complexity index is 490. The number of thioether (sulfide) groups is 1. The van der Waals surface area contributed by atoms with Crippen molar-refractivity contribution in [2.24, 2.45) is 0 Å². The smallest absolute Gasteiger partial charge is 0.191 e. The molecule has 0 aromatic carbocycles. The summed E-state index contributed by atoms with van der Waals surface area (Å²) in [6.45, 7) is 3.30. The third-order valence-corrected chi connectivity index (χ3v) is 6.19. The molecular formula is C16H26N4S. The Hall–Kier alpha value is -0.550. The van der Waals surface area contributed by atoms with E-state index in [1.165, 1.54) is 62.3 Å². The van der Waals surface area contributed by atoms with Crippen LogP contribution in [0.25, 0.3) is 0 Å². The van der Waals surface area contributed by atoms with Crippen LogP contribution in [0.3, 0.4) is 0 Å². The summed E-state index contributed by atoms with van der Waals surface area (Å²) in [4.78, 5) is 0. The molecule has 4 rings (SSSR count). The molecule has 1 aromatic heterocycles. The van der Waals surface area contributed by atoms with Gasteiger partial charge in [-0.25, -0.2) is 0 Å². The number of rotatable bonds is 6. The van der Waals surface area contributed by atoms with Crippen molar-refractivity contribution in [3.05, 3.63) is 5.82 Å². The summed E-state index contributed by atoms with van der Waals surface area (Å²) in [6, 6.07) is 1.42. The van der Waals surface area contributed by atoms with Crippen molar-refractivity contribution >= 4 is 11.8 Å². The average Bonchev–Trinajstić information content (AvgIpc) is 3.40. The summed E-state index contributed by atoms with van der Waals surface area (Å²) in [7, 11) is 0. The van der Waals surface area contributed by atoms with Crippen LogP contribution in [0.4, 0.5) is 0 Å². The van der Waals surface area contributed by atoms with Crippen molar-refractivity contribution in [1.82, 2.24) is 20.1 Å². The predicted octanol–water partition coefficient (Wildman–Crippen LogP) is 3.50. The Balaban J connectivity index is 1.46. The number of nitrogens with one attached hydrogen (secondary N) is 1. The first-order valence-electron chi connectivity index (χ1n) is 8.70. The van der Waals surface area contributed by atoms with Crippen molar-refractivity contribution in [2.45, 2.75) is 86.7 Å². The zero-order valence-corrected chi connectivity index (χ0v) is 13.7. The van der Waals surface area contributed by atoms with Crippen LogP contribution in [-0.4, -0.2) is 32.6 Å². The third-order valence-electron chi connectivity index (χ3n) is 4.94. The number of hydrogen-bond acceptors (Lipinski definition) is 4. The van der Waals surface area contributed by atoms with E-state index in [0.29, 0.717) is 18.0 Å². The molecule has 0 aliphatic heterocycles. The Morgan fingerprint density at radius 1 is 1.14 bits per heavy atom. The fourth-order valence-electron chi connectivity index (χ4n) is 3.54. The lowest BCUT2D eigenvalue weighted by molar-refractivity contribution is 0.387. The summed E-state index contributed by atoms with van der Waals surface area (Å²) >= 11 is 2.00. The van der Waals surface area contributed by atoms with Gasteiger partial charge in [-0.1, -0.05) is 25.1 Å². The normalized spacial score (nSPS) is 29.8. The molecule has 0 saturated heterocycles. The van der Waals surface area contributed by atoms with Crippen LogP contribution in [0.1, 0.15) is 76.1 Å². The molecule has 0 radical (unpaired) electrons. The monoisotopic (exact) mass is 306 g/mol. The molecule has 2 unspecified atom stereocenters. The topological polar surface area (TPSA) is 42.7 Å². The first-order chi connectivity index (χ1) is 10.3. The minimum Gasteiger partial charge on any atom is -0.314 e. The van der Waals surface area contributed by atoms with Crippen molar-refractivity contribution in [2.75, 3.05) is 6.54 Å². The van der Waals surface area contributed by atoms with E-state index in [-0.39, 0.29) is 0 Å². The molecule has 116 valence electrons. The second-order valence-corrected chi connectivity index (χ2v) is 8.14. The highest BCUT2D eigenvalue weighted by Crippen LogP contribution is 2.47. The van der Waals surface area contributed by atoms with E-state index in [2.05, 4.69) is 27.0 Å². The van der Waals surface area contributed by atoms with Crippen molar-refractivity contribution in [3.63, 3.8) is 0 Å². The van der Waals surface area contributed by atoms with Gasteiger partial charge >= 0.3 is 0 Å². The molecule has 21 heavy (non-hydrogen) atoms. The van der Waals surface area contributed by atoms with E-state index in [0.717, 1.165) is 11.8 Å². The zero-order valence-electron chi connectivity index (χ0n) is 12.9. The van der Waals surface area contributed by atoms with Crippen LogP contribution in [0.2, 0.25) is 0 Å².